The normalized spacial score (nSPS) is 22.2. The lowest BCUT2D eigenvalue weighted by atomic mass is 10.1. The van der Waals surface area contributed by atoms with Gasteiger partial charge in [-0.2, -0.15) is 5.26 Å². The third-order valence-corrected chi connectivity index (χ3v) is 5.53. The Bertz CT molecular complexity index is 1000. The molecule has 1 unspecified atom stereocenters. The van der Waals surface area contributed by atoms with Gasteiger partial charge in [-0.3, -0.25) is 14.5 Å². The van der Waals surface area contributed by atoms with Gasteiger partial charge in [0.2, 0.25) is 5.91 Å². The standard InChI is InChI=1S/C20H20F2N4O3/c21-12-6-15-16(11-29-19(15)17(22)7-12)20(28)24-13-3-5-25(9-13)10-18(27)26-4-1-2-14(26)8-23/h6-7,11,13-14H,1-5,9-10H2,(H,24,28)/t13-,14?/m0/s1. The summed E-state index contributed by atoms with van der Waals surface area (Å²) in [6.07, 6.45) is 3.32. The number of nitriles is 1. The van der Waals surface area contributed by atoms with Gasteiger partial charge in [0.05, 0.1) is 18.2 Å². The van der Waals surface area contributed by atoms with Crippen LogP contribution in [0.25, 0.3) is 11.0 Å². The van der Waals surface area contributed by atoms with E-state index in [1.807, 2.05) is 4.90 Å². The van der Waals surface area contributed by atoms with E-state index in [0.29, 0.717) is 38.5 Å². The van der Waals surface area contributed by atoms with E-state index >= 15 is 0 Å². The Morgan fingerprint density at radius 3 is 2.90 bits per heavy atom. The average molecular weight is 402 g/mol. The van der Waals surface area contributed by atoms with Crippen LogP contribution in [0.1, 0.15) is 29.6 Å². The van der Waals surface area contributed by atoms with Crippen LogP contribution in [0.5, 0.6) is 0 Å². The Morgan fingerprint density at radius 1 is 1.28 bits per heavy atom. The molecular formula is C20H20F2N4O3. The van der Waals surface area contributed by atoms with Crippen molar-refractivity contribution in [3.63, 3.8) is 0 Å². The van der Waals surface area contributed by atoms with Crippen LogP contribution >= 0.6 is 0 Å². The number of amides is 2. The first kappa shape index (κ1) is 19.3. The minimum atomic E-state index is -0.859. The lowest BCUT2D eigenvalue weighted by Gasteiger charge is -2.23. The van der Waals surface area contributed by atoms with Gasteiger partial charge in [0.1, 0.15) is 18.1 Å². The lowest BCUT2D eigenvalue weighted by molar-refractivity contribution is -0.132. The number of rotatable bonds is 4. The lowest BCUT2D eigenvalue weighted by Crippen LogP contribution is -2.43. The van der Waals surface area contributed by atoms with Crippen molar-refractivity contribution in [3.8, 4) is 6.07 Å². The molecule has 0 radical (unpaired) electrons. The van der Waals surface area contributed by atoms with Gasteiger partial charge in [-0.15, -0.1) is 0 Å². The van der Waals surface area contributed by atoms with Crippen LogP contribution in [0, 0.1) is 23.0 Å². The first-order valence-electron chi connectivity index (χ1n) is 9.55. The minimum Gasteiger partial charge on any atom is -0.460 e. The van der Waals surface area contributed by atoms with Gasteiger partial charge >= 0.3 is 0 Å². The highest BCUT2D eigenvalue weighted by molar-refractivity contribution is 6.06. The summed E-state index contributed by atoms with van der Waals surface area (Å²) in [6.45, 7) is 1.93. The van der Waals surface area contributed by atoms with Crippen LogP contribution in [0.2, 0.25) is 0 Å². The van der Waals surface area contributed by atoms with Crippen molar-refractivity contribution in [2.45, 2.75) is 31.3 Å². The molecule has 2 fully saturated rings. The smallest absolute Gasteiger partial charge is 0.255 e. The number of nitrogens with one attached hydrogen (secondary N) is 1. The van der Waals surface area contributed by atoms with E-state index < -0.39 is 17.5 Å². The zero-order chi connectivity index (χ0) is 20.5. The van der Waals surface area contributed by atoms with Crippen LogP contribution in [-0.4, -0.2) is 59.9 Å². The molecule has 29 heavy (non-hydrogen) atoms. The molecule has 2 aliphatic rings. The number of fused-ring (bicyclic) bond motifs is 1. The van der Waals surface area contributed by atoms with Gasteiger partial charge < -0.3 is 14.6 Å². The fraction of sp³-hybridized carbons (Fsp3) is 0.450. The van der Waals surface area contributed by atoms with Crippen LogP contribution < -0.4 is 5.32 Å². The second-order valence-electron chi connectivity index (χ2n) is 7.48. The van der Waals surface area contributed by atoms with Crippen molar-refractivity contribution in [2.75, 3.05) is 26.2 Å². The zero-order valence-electron chi connectivity index (χ0n) is 15.7. The molecule has 0 aliphatic carbocycles. The second kappa shape index (κ2) is 7.79. The van der Waals surface area contributed by atoms with E-state index in [1.54, 1.807) is 4.90 Å². The molecular weight excluding hydrogens is 382 g/mol. The van der Waals surface area contributed by atoms with Crippen molar-refractivity contribution in [1.29, 1.82) is 5.26 Å². The molecule has 2 aromatic rings. The first-order valence-corrected chi connectivity index (χ1v) is 9.55. The van der Waals surface area contributed by atoms with Gasteiger partial charge in [-0.1, -0.05) is 0 Å². The third-order valence-electron chi connectivity index (χ3n) is 5.53. The number of carbonyl (C=O) groups is 2. The molecule has 7 nitrogen and oxygen atoms in total. The molecule has 2 amide bonds. The van der Waals surface area contributed by atoms with Crippen LogP contribution in [0.3, 0.4) is 0 Å². The summed E-state index contributed by atoms with van der Waals surface area (Å²) < 4.78 is 32.3. The molecule has 2 aliphatic heterocycles. The maximum absolute atomic E-state index is 13.8. The first-order chi connectivity index (χ1) is 14.0. The highest BCUT2D eigenvalue weighted by atomic mass is 19.1. The summed E-state index contributed by atoms with van der Waals surface area (Å²) in [7, 11) is 0. The molecule has 1 aromatic carbocycles. The summed E-state index contributed by atoms with van der Waals surface area (Å²) in [4.78, 5) is 28.6. The van der Waals surface area contributed by atoms with Gasteiger partial charge in [0.15, 0.2) is 11.4 Å². The SMILES string of the molecule is N#CC1CCCN1C(=O)CN1CC[C@H](NC(=O)c2coc3c(F)cc(F)cc23)C1. The molecule has 2 atom stereocenters. The molecule has 0 saturated carbocycles. The fourth-order valence-electron chi connectivity index (χ4n) is 4.08. The Kier molecular flexibility index (Phi) is 5.20. The van der Waals surface area contributed by atoms with E-state index in [0.717, 1.165) is 18.8 Å². The number of hydrogen-bond acceptors (Lipinski definition) is 5. The van der Waals surface area contributed by atoms with Crippen molar-refractivity contribution < 1.29 is 22.8 Å². The average Bonchev–Trinajstić information content (AvgIpc) is 3.40. The van der Waals surface area contributed by atoms with Crippen LogP contribution in [0.4, 0.5) is 8.78 Å². The van der Waals surface area contributed by atoms with Gasteiger partial charge in [-0.25, -0.2) is 8.78 Å². The highest BCUT2D eigenvalue weighted by Crippen LogP contribution is 2.25. The number of halogens is 2. The van der Waals surface area contributed by atoms with Gasteiger partial charge in [-0.05, 0) is 25.3 Å². The van der Waals surface area contributed by atoms with E-state index in [9.17, 15) is 18.4 Å². The molecule has 0 bridgehead atoms. The Morgan fingerprint density at radius 2 is 2.10 bits per heavy atom. The quantitative estimate of drug-likeness (QED) is 0.845. The molecule has 152 valence electrons. The maximum atomic E-state index is 13.8. The summed E-state index contributed by atoms with van der Waals surface area (Å²) in [5, 5.41) is 12.1. The fourth-order valence-corrected chi connectivity index (χ4v) is 4.08. The number of furan rings is 1. The minimum absolute atomic E-state index is 0.0712. The molecule has 2 saturated heterocycles. The Labute approximate surface area is 165 Å². The second-order valence-corrected chi connectivity index (χ2v) is 7.48. The summed E-state index contributed by atoms with van der Waals surface area (Å²) >= 11 is 0. The number of likely N-dealkylation sites (tertiary alicyclic amines) is 2. The number of hydrogen-bond donors (Lipinski definition) is 1. The van der Waals surface area contributed by atoms with Gasteiger partial charge in [0.25, 0.3) is 5.91 Å². The molecule has 9 heteroatoms. The molecule has 0 spiro atoms. The molecule has 3 heterocycles. The largest absolute Gasteiger partial charge is 0.460 e. The highest BCUT2D eigenvalue weighted by Gasteiger charge is 2.32. The predicted octanol–water partition coefficient (Wildman–Crippen LogP) is 2.03. The Hall–Kier alpha value is -2.99. The number of nitrogens with zero attached hydrogens (tertiary/aromatic N) is 3. The molecule has 1 aromatic heterocycles. The third kappa shape index (κ3) is 3.80. The van der Waals surface area contributed by atoms with Crippen molar-refractivity contribution in [2.24, 2.45) is 0 Å². The van der Waals surface area contributed by atoms with Crippen molar-refractivity contribution in [1.82, 2.24) is 15.1 Å². The summed E-state index contributed by atoms with van der Waals surface area (Å²) in [5.74, 6) is -2.19. The molecule has 4 rings (SSSR count). The van der Waals surface area contributed by atoms with E-state index in [2.05, 4.69) is 11.4 Å². The topological polar surface area (TPSA) is 89.6 Å². The van der Waals surface area contributed by atoms with E-state index in [1.165, 1.54) is 0 Å². The summed E-state index contributed by atoms with van der Waals surface area (Å²) in [6, 6.07) is 3.39. The van der Waals surface area contributed by atoms with E-state index in [-0.39, 0.29) is 41.1 Å². The maximum Gasteiger partial charge on any atom is 0.255 e. The number of benzene rings is 1. The zero-order valence-corrected chi connectivity index (χ0v) is 15.7. The van der Waals surface area contributed by atoms with E-state index in [4.69, 9.17) is 9.68 Å². The van der Waals surface area contributed by atoms with Crippen molar-refractivity contribution in [3.05, 3.63) is 35.6 Å². The number of carbonyl (C=O) groups excluding carboxylic acids is 2. The monoisotopic (exact) mass is 402 g/mol. The summed E-state index contributed by atoms with van der Waals surface area (Å²) in [5.41, 5.74) is -0.0882. The van der Waals surface area contributed by atoms with Crippen molar-refractivity contribution >= 4 is 22.8 Å². The van der Waals surface area contributed by atoms with Gasteiger partial charge in [0, 0.05) is 37.1 Å². The van der Waals surface area contributed by atoms with Crippen LogP contribution in [0.15, 0.2) is 22.8 Å². The molecule has 1 N–H and O–H groups in total. The Balaban J connectivity index is 1.36. The van der Waals surface area contributed by atoms with Crippen LogP contribution in [-0.2, 0) is 4.79 Å². The predicted molar refractivity (Wildman–Crippen MR) is 98.8 cm³/mol.